The van der Waals surface area contributed by atoms with Crippen molar-refractivity contribution >= 4 is 11.9 Å². The van der Waals surface area contributed by atoms with E-state index in [4.69, 9.17) is 0 Å². The van der Waals surface area contributed by atoms with E-state index in [2.05, 4.69) is 22.6 Å². The number of carbonyl (C=O) groups is 2. The smallest absolute Gasteiger partial charge is 0.322 e. The van der Waals surface area contributed by atoms with Crippen LogP contribution in [0.1, 0.15) is 38.5 Å². The first-order valence-electron chi connectivity index (χ1n) is 6.46. The van der Waals surface area contributed by atoms with Crippen molar-refractivity contribution in [1.29, 1.82) is 0 Å². The van der Waals surface area contributed by atoms with Gasteiger partial charge in [-0.15, -0.1) is 0 Å². The zero-order valence-corrected chi connectivity index (χ0v) is 10.2. The molecular formula is C12H19N3O2. The van der Waals surface area contributed by atoms with Gasteiger partial charge in [0.25, 0.3) is 5.91 Å². The lowest BCUT2D eigenvalue weighted by molar-refractivity contribution is -0.127. The minimum absolute atomic E-state index is 0.118. The Bertz CT molecular complexity index is 353. The maximum atomic E-state index is 12.0. The second-order valence-corrected chi connectivity index (χ2v) is 5.66. The van der Waals surface area contributed by atoms with Crippen LogP contribution in [0.3, 0.4) is 0 Å². The molecule has 1 unspecified atom stereocenters. The summed E-state index contributed by atoms with van der Waals surface area (Å²) < 4.78 is 0. The third-order valence-electron chi connectivity index (χ3n) is 4.66. The summed E-state index contributed by atoms with van der Waals surface area (Å²) in [6.45, 7) is 0. The van der Waals surface area contributed by atoms with Gasteiger partial charge >= 0.3 is 6.03 Å². The van der Waals surface area contributed by atoms with E-state index in [-0.39, 0.29) is 11.9 Å². The molecule has 3 amide bonds. The Labute approximate surface area is 101 Å². The molecule has 3 atom stereocenters. The van der Waals surface area contributed by atoms with E-state index in [0.29, 0.717) is 12.1 Å². The molecule has 94 valence electrons. The molecule has 1 spiro atoms. The zero-order chi connectivity index (χ0) is 12.0. The number of rotatable bonds is 0. The van der Waals surface area contributed by atoms with E-state index in [0.717, 1.165) is 25.7 Å². The van der Waals surface area contributed by atoms with Crippen LogP contribution in [0.25, 0.3) is 0 Å². The highest BCUT2D eigenvalue weighted by Crippen LogP contribution is 2.38. The summed E-state index contributed by atoms with van der Waals surface area (Å²) in [4.78, 5) is 25.8. The number of nitrogens with zero attached hydrogens (tertiary/aromatic N) is 1. The average Bonchev–Trinajstić information content (AvgIpc) is 2.49. The van der Waals surface area contributed by atoms with Gasteiger partial charge in [-0.3, -0.25) is 10.1 Å². The fourth-order valence-corrected chi connectivity index (χ4v) is 3.66. The minimum Gasteiger partial charge on any atom is -0.323 e. The Morgan fingerprint density at radius 3 is 2.24 bits per heavy atom. The van der Waals surface area contributed by atoms with Gasteiger partial charge in [-0.1, -0.05) is 12.8 Å². The van der Waals surface area contributed by atoms with Crippen LogP contribution in [-0.4, -0.2) is 41.5 Å². The normalized spacial score (nSPS) is 42.2. The van der Waals surface area contributed by atoms with Crippen LogP contribution in [0, 0.1) is 0 Å². The Kier molecular flexibility index (Phi) is 2.40. The van der Waals surface area contributed by atoms with Crippen LogP contribution in [0.5, 0.6) is 0 Å². The highest BCUT2D eigenvalue weighted by atomic mass is 16.2. The Hall–Kier alpha value is -1.10. The van der Waals surface area contributed by atoms with Gasteiger partial charge in [-0.25, -0.2) is 4.79 Å². The number of hydrogen-bond acceptors (Lipinski definition) is 3. The second-order valence-electron chi connectivity index (χ2n) is 5.66. The first kappa shape index (κ1) is 11.0. The monoisotopic (exact) mass is 237 g/mol. The zero-order valence-electron chi connectivity index (χ0n) is 10.2. The van der Waals surface area contributed by atoms with Gasteiger partial charge in [0.1, 0.15) is 5.54 Å². The molecule has 0 aromatic carbocycles. The van der Waals surface area contributed by atoms with Crippen LogP contribution in [0.15, 0.2) is 0 Å². The number of carbonyl (C=O) groups excluding carboxylic acids is 2. The number of fused-ring (bicyclic) bond motifs is 2. The van der Waals surface area contributed by atoms with Gasteiger partial charge in [0.2, 0.25) is 0 Å². The number of urea groups is 1. The SMILES string of the molecule is CN1[C@@H]2CCCC[C@H]1CC1(C2)NC(=O)NC1=O. The molecule has 3 fully saturated rings. The van der Waals surface area contributed by atoms with Gasteiger partial charge in [0, 0.05) is 12.1 Å². The van der Waals surface area contributed by atoms with E-state index in [1.54, 1.807) is 0 Å². The van der Waals surface area contributed by atoms with Gasteiger partial charge in [-0.2, -0.15) is 0 Å². The van der Waals surface area contributed by atoms with E-state index in [1.807, 2.05) is 0 Å². The molecule has 5 nitrogen and oxygen atoms in total. The topological polar surface area (TPSA) is 61.4 Å². The quantitative estimate of drug-likeness (QED) is 0.607. The fourth-order valence-electron chi connectivity index (χ4n) is 3.66. The number of piperidine rings is 1. The van der Waals surface area contributed by atoms with Crippen LogP contribution >= 0.6 is 0 Å². The Morgan fingerprint density at radius 1 is 1.18 bits per heavy atom. The van der Waals surface area contributed by atoms with E-state index in [1.165, 1.54) is 12.8 Å². The molecule has 3 aliphatic rings. The summed E-state index contributed by atoms with van der Waals surface area (Å²) in [6.07, 6.45) is 6.26. The lowest BCUT2D eigenvalue weighted by Gasteiger charge is -2.45. The van der Waals surface area contributed by atoms with E-state index in [9.17, 15) is 9.59 Å². The average molecular weight is 237 g/mol. The fraction of sp³-hybridized carbons (Fsp3) is 0.833. The summed E-state index contributed by atoms with van der Waals surface area (Å²) in [5, 5.41) is 5.26. The molecule has 0 aromatic rings. The van der Waals surface area contributed by atoms with E-state index < -0.39 is 5.54 Å². The Morgan fingerprint density at radius 2 is 1.76 bits per heavy atom. The van der Waals surface area contributed by atoms with Gasteiger partial charge in [0.15, 0.2) is 0 Å². The van der Waals surface area contributed by atoms with Gasteiger partial charge < -0.3 is 10.2 Å². The van der Waals surface area contributed by atoms with Crippen LogP contribution in [-0.2, 0) is 4.79 Å². The van der Waals surface area contributed by atoms with Crippen LogP contribution in [0.2, 0.25) is 0 Å². The predicted octanol–water partition coefficient (Wildman–Crippen LogP) is 0.601. The molecule has 5 heteroatoms. The molecule has 3 aliphatic heterocycles. The first-order chi connectivity index (χ1) is 8.11. The van der Waals surface area contributed by atoms with Crippen molar-refractivity contribution in [1.82, 2.24) is 15.5 Å². The van der Waals surface area contributed by atoms with Crippen molar-refractivity contribution in [3.8, 4) is 0 Å². The van der Waals surface area contributed by atoms with Crippen molar-refractivity contribution < 1.29 is 9.59 Å². The second kappa shape index (κ2) is 3.70. The van der Waals surface area contributed by atoms with Crippen molar-refractivity contribution in [2.75, 3.05) is 7.05 Å². The summed E-state index contributed by atoms with van der Waals surface area (Å²) in [6, 6.07) is 0.539. The van der Waals surface area contributed by atoms with Crippen molar-refractivity contribution in [2.45, 2.75) is 56.1 Å². The summed E-state index contributed by atoms with van der Waals surface area (Å²) in [5.74, 6) is -0.118. The molecule has 0 aliphatic carbocycles. The molecule has 2 bridgehead atoms. The standard InChI is InChI=1S/C12H19N3O2/c1-15-8-4-2-3-5-9(15)7-12(6-8)10(16)13-11(17)14-12/h8-9H,2-7H2,1H3,(H2,13,14,16,17)/t8-,9+,12?. The lowest BCUT2D eigenvalue weighted by Crippen LogP contribution is -2.60. The highest BCUT2D eigenvalue weighted by molar-refractivity contribution is 6.07. The molecule has 2 N–H and O–H groups in total. The molecule has 3 heterocycles. The molecule has 0 radical (unpaired) electrons. The minimum atomic E-state index is -0.622. The summed E-state index contributed by atoms with van der Waals surface area (Å²) >= 11 is 0. The van der Waals surface area contributed by atoms with Crippen molar-refractivity contribution in [3.05, 3.63) is 0 Å². The molecular weight excluding hydrogens is 218 g/mol. The number of hydrogen-bond donors (Lipinski definition) is 2. The lowest BCUT2D eigenvalue weighted by atomic mass is 9.79. The van der Waals surface area contributed by atoms with Crippen LogP contribution in [0.4, 0.5) is 4.79 Å². The maximum Gasteiger partial charge on any atom is 0.322 e. The highest BCUT2D eigenvalue weighted by Gasteiger charge is 2.53. The molecule has 3 rings (SSSR count). The molecule has 17 heavy (non-hydrogen) atoms. The number of amides is 3. The Balaban J connectivity index is 1.90. The van der Waals surface area contributed by atoms with Crippen LogP contribution < -0.4 is 10.6 Å². The van der Waals surface area contributed by atoms with E-state index >= 15 is 0 Å². The molecule has 0 saturated carbocycles. The first-order valence-corrected chi connectivity index (χ1v) is 6.46. The number of imide groups is 1. The summed E-state index contributed by atoms with van der Waals surface area (Å²) in [7, 11) is 2.15. The van der Waals surface area contributed by atoms with Gasteiger partial charge in [-0.05, 0) is 32.7 Å². The van der Waals surface area contributed by atoms with Gasteiger partial charge in [0.05, 0.1) is 0 Å². The largest absolute Gasteiger partial charge is 0.323 e. The summed E-state index contributed by atoms with van der Waals surface area (Å²) in [5.41, 5.74) is -0.622. The third kappa shape index (κ3) is 1.64. The van der Waals surface area contributed by atoms with Crippen molar-refractivity contribution in [2.24, 2.45) is 0 Å². The predicted molar refractivity (Wildman–Crippen MR) is 62.4 cm³/mol. The molecule has 0 aromatic heterocycles. The molecule has 3 saturated heterocycles. The maximum absolute atomic E-state index is 12.0. The third-order valence-corrected chi connectivity index (χ3v) is 4.66. The number of nitrogens with one attached hydrogen (secondary N) is 2. The van der Waals surface area contributed by atoms with Crippen molar-refractivity contribution in [3.63, 3.8) is 0 Å².